The van der Waals surface area contributed by atoms with E-state index >= 15 is 0 Å². The van der Waals surface area contributed by atoms with Crippen LogP contribution in [0.5, 0.6) is 5.75 Å². The molecule has 0 radical (unpaired) electrons. The molecule has 82 valence electrons. The zero-order chi connectivity index (χ0) is 11.3. The van der Waals surface area contributed by atoms with Gasteiger partial charge in [-0.1, -0.05) is 12.1 Å². The van der Waals surface area contributed by atoms with Crippen molar-refractivity contribution in [1.29, 1.82) is 0 Å². The Kier molecular flexibility index (Phi) is 4.12. The number of carbonyl (C=O) groups is 1. The highest BCUT2D eigenvalue weighted by atomic mass is 16.6. The maximum atomic E-state index is 11.1. The molecule has 1 N–H and O–H groups in total. The van der Waals surface area contributed by atoms with Gasteiger partial charge in [0.05, 0.1) is 13.7 Å². The van der Waals surface area contributed by atoms with E-state index in [0.29, 0.717) is 5.75 Å². The summed E-state index contributed by atoms with van der Waals surface area (Å²) in [7, 11) is 1.32. The number of benzene rings is 1. The smallest absolute Gasteiger partial charge is 0.346 e. The summed E-state index contributed by atoms with van der Waals surface area (Å²) in [4.78, 5) is 11.1. The highest BCUT2D eigenvalue weighted by molar-refractivity contribution is 5.74. The van der Waals surface area contributed by atoms with Crippen molar-refractivity contribution >= 4 is 5.97 Å². The molecule has 1 atom stereocenters. The van der Waals surface area contributed by atoms with Crippen molar-refractivity contribution in [2.24, 2.45) is 0 Å². The van der Waals surface area contributed by atoms with Gasteiger partial charge in [-0.3, -0.25) is 0 Å². The molecular weight excluding hydrogens is 196 g/mol. The van der Waals surface area contributed by atoms with Gasteiger partial charge < -0.3 is 14.6 Å². The molecular formula is C11H14O4. The van der Waals surface area contributed by atoms with Gasteiger partial charge in [-0.2, -0.15) is 0 Å². The number of rotatable bonds is 4. The van der Waals surface area contributed by atoms with Gasteiger partial charge in [0.2, 0.25) is 0 Å². The molecule has 1 aromatic carbocycles. The van der Waals surface area contributed by atoms with E-state index < -0.39 is 12.1 Å². The summed E-state index contributed by atoms with van der Waals surface area (Å²) in [6, 6.07) is 6.87. The lowest BCUT2D eigenvalue weighted by atomic mass is 10.2. The summed E-state index contributed by atoms with van der Waals surface area (Å²) >= 11 is 0. The Morgan fingerprint density at radius 1 is 1.40 bits per heavy atom. The molecule has 0 aromatic heterocycles. The van der Waals surface area contributed by atoms with Gasteiger partial charge in [0.15, 0.2) is 6.10 Å². The number of methoxy groups -OCH3 is 1. The van der Waals surface area contributed by atoms with Crippen LogP contribution < -0.4 is 4.74 Å². The van der Waals surface area contributed by atoms with E-state index in [9.17, 15) is 4.79 Å². The molecule has 0 fully saturated rings. The van der Waals surface area contributed by atoms with E-state index in [1.54, 1.807) is 31.2 Å². The zero-order valence-corrected chi connectivity index (χ0v) is 8.77. The van der Waals surface area contributed by atoms with Crippen LogP contribution in [-0.2, 0) is 16.1 Å². The summed E-state index contributed by atoms with van der Waals surface area (Å²) in [6.07, 6.45) is -0.630. The molecule has 0 aliphatic rings. The average molecular weight is 210 g/mol. The molecule has 0 amide bonds. The minimum Gasteiger partial charge on any atom is -0.479 e. The number of aliphatic hydroxyl groups excluding tert-OH is 1. The minimum absolute atomic E-state index is 0.00711. The lowest BCUT2D eigenvalue weighted by Crippen LogP contribution is -2.24. The lowest BCUT2D eigenvalue weighted by molar-refractivity contribution is -0.147. The van der Waals surface area contributed by atoms with Crippen molar-refractivity contribution in [1.82, 2.24) is 0 Å². The van der Waals surface area contributed by atoms with E-state index in [1.165, 1.54) is 7.11 Å². The first-order valence-electron chi connectivity index (χ1n) is 4.61. The SMILES string of the molecule is COC(=O)C(C)Oc1ccc(CO)cc1. The Morgan fingerprint density at radius 3 is 2.47 bits per heavy atom. The van der Waals surface area contributed by atoms with Crippen LogP contribution in [0.3, 0.4) is 0 Å². The molecule has 0 spiro atoms. The fraction of sp³-hybridized carbons (Fsp3) is 0.364. The first-order valence-corrected chi connectivity index (χ1v) is 4.61. The van der Waals surface area contributed by atoms with E-state index in [-0.39, 0.29) is 6.61 Å². The molecule has 4 heteroatoms. The van der Waals surface area contributed by atoms with Crippen LogP contribution in [0.25, 0.3) is 0 Å². The largest absolute Gasteiger partial charge is 0.479 e. The first-order chi connectivity index (χ1) is 7.17. The van der Waals surface area contributed by atoms with Crippen LogP contribution in [0.1, 0.15) is 12.5 Å². The second kappa shape index (κ2) is 5.36. The second-order valence-electron chi connectivity index (χ2n) is 3.09. The van der Waals surface area contributed by atoms with E-state index in [4.69, 9.17) is 9.84 Å². The van der Waals surface area contributed by atoms with Gasteiger partial charge in [-0.25, -0.2) is 4.79 Å². The number of hydrogen-bond donors (Lipinski definition) is 1. The van der Waals surface area contributed by atoms with Crippen molar-refractivity contribution in [2.45, 2.75) is 19.6 Å². The quantitative estimate of drug-likeness (QED) is 0.756. The highest BCUT2D eigenvalue weighted by Gasteiger charge is 2.14. The van der Waals surface area contributed by atoms with Crippen molar-refractivity contribution in [3.63, 3.8) is 0 Å². The Hall–Kier alpha value is -1.55. The van der Waals surface area contributed by atoms with Gasteiger partial charge in [0, 0.05) is 0 Å². The normalized spacial score (nSPS) is 11.9. The summed E-state index contributed by atoms with van der Waals surface area (Å²) in [6.45, 7) is 1.61. The van der Waals surface area contributed by atoms with Crippen LogP contribution >= 0.6 is 0 Å². The maximum absolute atomic E-state index is 11.1. The van der Waals surface area contributed by atoms with Gasteiger partial charge >= 0.3 is 5.97 Å². The van der Waals surface area contributed by atoms with Gasteiger partial charge in [-0.15, -0.1) is 0 Å². The Bertz CT molecular complexity index is 318. The summed E-state index contributed by atoms with van der Waals surface area (Å²) in [5.74, 6) is 0.159. The molecule has 0 bridgehead atoms. The zero-order valence-electron chi connectivity index (χ0n) is 8.77. The maximum Gasteiger partial charge on any atom is 0.346 e. The third-order valence-corrected chi connectivity index (χ3v) is 1.95. The molecule has 0 saturated heterocycles. The molecule has 0 aliphatic heterocycles. The standard InChI is InChI=1S/C11H14O4/c1-8(11(13)14-2)15-10-5-3-9(7-12)4-6-10/h3-6,8,12H,7H2,1-2H3. The Morgan fingerprint density at radius 2 is 2.00 bits per heavy atom. The van der Waals surface area contributed by atoms with Crippen molar-refractivity contribution in [2.75, 3.05) is 7.11 Å². The van der Waals surface area contributed by atoms with Crippen molar-refractivity contribution < 1.29 is 19.4 Å². The Balaban J connectivity index is 2.60. The summed E-state index contributed by atoms with van der Waals surface area (Å²) in [5.41, 5.74) is 0.799. The topological polar surface area (TPSA) is 55.8 Å². The average Bonchev–Trinajstić information content (AvgIpc) is 2.29. The van der Waals surface area contributed by atoms with Crippen molar-refractivity contribution in [3.8, 4) is 5.75 Å². The summed E-state index contributed by atoms with van der Waals surface area (Å²) in [5, 5.41) is 8.82. The van der Waals surface area contributed by atoms with E-state index in [2.05, 4.69) is 4.74 Å². The molecule has 1 unspecified atom stereocenters. The van der Waals surface area contributed by atoms with Crippen LogP contribution in [0.15, 0.2) is 24.3 Å². The van der Waals surface area contributed by atoms with Crippen LogP contribution in [0, 0.1) is 0 Å². The monoisotopic (exact) mass is 210 g/mol. The molecule has 0 aliphatic carbocycles. The van der Waals surface area contributed by atoms with Crippen LogP contribution in [0.2, 0.25) is 0 Å². The van der Waals surface area contributed by atoms with E-state index in [0.717, 1.165) is 5.56 Å². The third-order valence-electron chi connectivity index (χ3n) is 1.95. The first kappa shape index (κ1) is 11.5. The molecule has 4 nitrogen and oxygen atoms in total. The number of ether oxygens (including phenoxy) is 2. The number of carbonyl (C=O) groups excluding carboxylic acids is 1. The van der Waals surface area contributed by atoms with Gasteiger partial charge in [-0.05, 0) is 24.6 Å². The van der Waals surface area contributed by atoms with Crippen LogP contribution in [0.4, 0.5) is 0 Å². The number of aliphatic hydroxyl groups is 1. The van der Waals surface area contributed by atoms with Gasteiger partial charge in [0.1, 0.15) is 5.75 Å². The predicted molar refractivity (Wildman–Crippen MR) is 54.5 cm³/mol. The lowest BCUT2D eigenvalue weighted by Gasteiger charge is -2.12. The third kappa shape index (κ3) is 3.25. The molecule has 15 heavy (non-hydrogen) atoms. The molecule has 1 aromatic rings. The number of hydrogen-bond acceptors (Lipinski definition) is 4. The fourth-order valence-electron chi connectivity index (χ4n) is 1.09. The second-order valence-corrected chi connectivity index (χ2v) is 3.09. The highest BCUT2D eigenvalue weighted by Crippen LogP contribution is 2.14. The fourth-order valence-corrected chi connectivity index (χ4v) is 1.09. The summed E-state index contributed by atoms with van der Waals surface area (Å²) < 4.78 is 9.84. The minimum atomic E-state index is -0.630. The Labute approximate surface area is 88.4 Å². The predicted octanol–water partition coefficient (Wildman–Crippen LogP) is 1.12. The molecule has 0 heterocycles. The van der Waals surface area contributed by atoms with Crippen molar-refractivity contribution in [3.05, 3.63) is 29.8 Å². The van der Waals surface area contributed by atoms with Crippen LogP contribution in [-0.4, -0.2) is 24.3 Å². The number of esters is 1. The molecule has 1 rings (SSSR count). The molecule has 0 saturated carbocycles. The van der Waals surface area contributed by atoms with Gasteiger partial charge in [0.25, 0.3) is 0 Å². The van der Waals surface area contributed by atoms with E-state index in [1.807, 2.05) is 0 Å².